The summed E-state index contributed by atoms with van der Waals surface area (Å²) < 4.78 is 52.6. The van der Waals surface area contributed by atoms with Gasteiger partial charge in [-0.05, 0) is 36.8 Å². The third-order valence-electron chi connectivity index (χ3n) is 2.67. The van der Waals surface area contributed by atoms with Crippen LogP contribution in [0.1, 0.15) is 15.9 Å². The molecule has 2 rings (SSSR count). The predicted octanol–water partition coefficient (Wildman–Crippen LogP) is 1.79. The van der Waals surface area contributed by atoms with Gasteiger partial charge in [0.2, 0.25) is 0 Å². The molecule has 0 radical (unpaired) electrons. The number of carbonyl (C=O) groups is 1. The molecule has 0 spiro atoms. The Morgan fingerprint density at radius 3 is 2.38 bits per heavy atom. The lowest BCUT2D eigenvalue weighted by atomic mass is 10.2. The highest BCUT2D eigenvalue weighted by molar-refractivity contribution is 7.90. The Balaban J connectivity index is 2.36. The molecule has 0 aliphatic carbocycles. The number of hydrogen-bond donors (Lipinski definition) is 1. The summed E-state index contributed by atoms with van der Waals surface area (Å²) in [5.74, 6) is -2.98. The summed E-state index contributed by atoms with van der Waals surface area (Å²) in [5, 5.41) is 0. The molecule has 0 saturated heterocycles. The number of pyridine rings is 1. The van der Waals surface area contributed by atoms with Crippen LogP contribution in [0, 0.1) is 18.6 Å². The lowest BCUT2D eigenvalue weighted by molar-refractivity contribution is 0.0981. The number of nitrogens with zero attached hydrogens (tertiary/aromatic N) is 1. The number of amides is 1. The summed E-state index contributed by atoms with van der Waals surface area (Å²) in [5.41, 5.74) is -0.00604. The molecule has 0 aliphatic rings. The fourth-order valence-corrected chi connectivity index (χ4v) is 2.62. The van der Waals surface area contributed by atoms with Crippen molar-refractivity contribution >= 4 is 15.9 Å². The molecule has 0 fully saturated rings. The van der Waals surface area contributed by atoms with E-state index in [4.69, 9.17) is 0 Å². The van der Waals surface area contributed by atoms with E-state index in [1.165, 1.54) is 31.5 Å². The van der Waals surface area contributed by atoms with Gasteiger partial charge < -0.3 is 0 Å². The molecule has 5 nitrogen and oxygen atoms in total. The average molecular weight is 312 g/mol. The van der Waals surface area contributed by atoms with E-state index >= 15 is 0 Å². The molecular formula is C13H10F2N2O3S. The highest BCUT2D eigenvalue weighted by atomic mass is 32.2. The van der Waals surface area contributed by atoms with Gasteiger partial charge in [0.05, 0.1) is 0 Å². The summed E-state index contributed by atoms with van der Waals surface area (Å²) in [6.07, 6.45) is 2.60. The van der Waals surface area contributed by atoms with Crippen molar-refractivity contribution in [1.82, 2.24) is 9.71 Å². The topological polar surface area (TPSA) is 76.1 Å². The highest BCUT2D eigenvalue weighted by Gasteiger charge is 2.24. The van der Waals surface area contributed by atoms with Crippen LogP contribution in [-0.2, 0) is 10.0 Å². The standard InChI is InChI=1S/C13H10F2N2O3S/c1-8-6-11(15)12(7-10(8)14)21(19,20)17-13(18)9-2-4-16-5-3-9/h2-7H,1H3,(H,17,18). The second-order valence-electron chi connectivity index (χ2n) is 4.20. The molecule has 21 heavy (non-hydrogen) atoms. The Hall–Kier alpha value is -2.35. The maximum atomic E-state index is 13.7. The van der Waals surface area contributed by atoms with Gasteiger partial charge >= 0.3 is 0 Å². The summed E-state index contributed by atoms with van der Waals surface area (Å²) in [6, 6.07) is 3.86. The third-order valence-corrected chi connectivity index (χ3v) is 4.02. The summed E-state index contributed by atoms with van der Waals surface area (Å²) >= 11 is 0. The zero-order valence-electron chi connectivity index (χ0n) is 10.8. The van der Waals surface area contributed by atoms with Gasteiger partial charge in [-0.3, -0.25) is 9.78 Å². The highest BCUT2D eigenvalue weighted by Crippen LogP contribution is 2.19. The Bertz CT molecular complexity index is 793. The van der Waals surface area contributed by atoms with Crippen LogP contribution in [-0.4, -0.2) is 19.3 Å². The Morgan fingerprint density at radius 2 is 1.76 bits per heavy atom. The lowest BCUT2D eigenvalue weighted by Gasteiger charge is -2.09. The van der Waals surface area contributed by atoms with Gasteiger partial charge in [0.1, 0.15) is 16.5 Å². The normalized spacial score (nSPS) is 11.2. The number of halogens is 2. The van der Waals surface area contributed by atoms with Crippen LogP contribution in [0.3, 0.4) is 0 Å². The molecule has 8 heteroatoms. The fraction of sp³-hybridized carbons (Fsp3) is 0.0769. The van der Waals surface area contributed by atoms with E-state index in [1.807, 2.05) is 0 Å². The number of aromatic nitrogens is 1. The molecule has 1 heterocycles. The van der Waals surface area contributed by atoms with E-state index in [0.29, 0.717) is 6.07 Å². The Kier molecular flexibility index (Phi) is 3.99. The van der Waals surface area contributed by atoms with Gasteiger partial charge in [-0.2, -0.15) is 0 Å². The summed E-state index contributed by atoms with van der Waals surface area (Å²) in [7, 11) is -4.51. The van der Waals surface area contributed by atoms with Crippen molar-refractivity contribution in [3.05, 3.63) is 59.4 Å². The predicted molar refractivity (Wildman–Crippen MR) is 70.0 cm³/mol. The van der Waals surface area contributed by atoms with E-state index in [9.17, 15) is 22.0 Å². The molecule has 1 aromatic heterocycles. The van der Waals surface area contributed by atoms with Crippen molar-refractivity contribution in [3.8, 4) is 0 Å². The van der Waals surface area contributed by atoms with Crippen LogP contribution < -0.4 is 4.72 Å². The van der Waals surface area contributed by atoms with Crippen molar-refractivity contribution in [2.45, 2.75) is 11.8 Å². The SMILES string of the molecule is Cc1cc(F)c(S(=O)(=O)NC(=O)c2ccncc2)cc1F. The number of sulfonamides is 1. The maximum Gasteiger partial charge on any atom is 0.267 e. The van der Waals surface area contributed by atoms with Crippen molar-refractivity contribution in [2.24, 2.45) is 0 Å². The van der Waals surface area contributed by atoms with E-state index < -0.39 is 32.5 Å². The van der Waals surface area contributed by atoms with Gasteiger partial charge in [-0.15, -0.1) is 0 Å². The number of carbonyl (C=O) groups excluding carboxylic acids is 1. The first-order valence-electron chi connectivity index (χ1n) is 5.74. The Morgan fingerprint density at radius 1 is 1.14 bits per heavy atom. The molecule has 1 aromatic carbocycles. The van der Waals surface area contributed by atoms with Crippen LogP contribution in [0.4, 0.5) is 8.78 Å². The molecule has 1 amide bonds. The quantitative estimate of drug-likeness (QED) is 0.937. The molecule has 0 aliphatic heterocycles. The zero-order valence-corrected chi connectivity index (χ0v) is 11.6. The van der Waals surface area contributed by atoms with E-state index in [0.717, 1.165) is 6.07 Å². The number of benzene rings is 1. The number of aryl methyl sites for hydroxylation is 1. The van der Waals surface area contributed by atoms with Crippen LogP contribution in [0.15, 0.2) is 41.6 Å². The van der Waals surface area contributed by atoms with Crippen LogP contribution in [0.2, 0.25) is 0 Å². The van der Waals surface area contributed by atoms with Crippen molar-refractivity contribution in [3.63, 3.8) is 0 Å². The first-order valence-corrected chi connectivity index (χ1v) is 7.22. The molecule has 0 saturated carbocycles. The van der Waals surface area contributed by atoms with Crippen molar-refractivity contribution in [1.29, 1.82) is 0 Å². The van der Waals surface area contributed by atoms with Crippen molar-refractivity contribution in [2.75, 3.05) is 0 Å². The molecule has 2 aromatic rings. The van der Waals surface area contributed by atoms with Crippen LogP contribution >= 0.6 is 0 Å². The second-order valence-corrected chi connectivity index (χ2v) is 5.85. The maximum absolute atomic E-state index is 13.7. The Labute approximate surface area is 119 Å². The van der Waals surface area contributed by atoms with Gasteiger partial charge in [0.15, 0.2) is 0 Å². The smallest absolute Gasteiger partial charge is 0.267 e. The van der Waals surface area contributed by atoms with Crippen LogP contribution in [0.25, 0.3) is 0 Å². The van der Waals surface area contributed by atoms with E-state index in [1.54, 1.807) is 4.72 Å². The van der Waals surface area contributed by atoms with Gasteiger partial charge in [-0.1, -0.05) is 0 Å². The lowest BCUT2D eigenvalue weighted by Crippen LogP contribution is -2.31. The summed E-state index contributed by atoms with van der Waals surface area (Å²) in [4.78, 5) is 14.5. The number of hydrogen-bond acceptors (Lipinski definition) is 4. The zero-order chi connectivity index (χ0) is 15.6. The van der Waals surface area contributed by atoms with E-state index in [-0.39, 0.29) is 11.1 Å². The third kappa shape index (κ3) is 3.22. The van der Waals surface area contributed by atoms with Gasteiger partial charge in [0.25, 0.3) is 15.9 Å². The minimum absolute atomic E-state index is 0.0292. The first-order chi connectivity index (χ1) is 9.81. The fourth-order valence-electron chi connectivity index (χ4n) is 1.57. The average Bonchev–Trinajstić information content (AvgIpc) is 2.43. The molecule has 0 unspecified atom stereocenters. The van der Waals surface area contributed by atoms with E-state index in [2.05, 4.69) is 4.98 Å². The largest absolute Gasteiger partial charge is 0.268 e. The first kappa shape index (κ1) is 15.0. The number of nitrogens with one attached hydrogen (secondary N) is 1. The molecule has 0 bridgehead atoms. The van der Waals surface area contributed by atoms with Crippen molar-refractivity contribution < 1.29 is 22.0 Å². The molecule has 0 atom stereocenters. The summed E-state index contributed by atoms with van der Waals surface area (Å²) in [6.45, 7) is 1.30. The minimum atomic E-state index is -4.51. The van der Waals surface area contributed by atoms with Gasteiger partial charge in [-0.25, -0.2) is 21.9 Å². The second kappa shape index (κ2) is 5.57. The molecule has 1 N–H and O–H groups in total. The monoisotopic (exact) mass is 312 g/mol. The minimum Gasteiger partial charge on any atom is -0.268 e. The van der Waals surface area contributed by atoms with Gasteiger partial charge in [0, 0.05) is 18.0 Å². The molecule has 110 valence electrons. The van der Waals surface area contributed by atoms with Crippen LogP contribution in [0.5, 0.6) is 0 Å². The molecular weight excluding hydrogens is 302 g/mol. The number of rotatable bonds is 3.